The minimum Gasteiger partial charge on any atom is -0.371 e. The standard InChI is InChI=1S/C24H23BrN6OS/c25-17-3-4-20-21(14-17)33-24(29-20)30-23(32)19-2-1-9-27-22(19)28-15-16-7-12-31(13-8-16)18-5-10-26-11-6-18/h1-6,9-11,14,16H,7-8,12-13,15H2,(H,27,28)(H,29,30,32). The molecule has 33 heavy (non-hydrogen) atoms. The Morgan fingerprint density at radius 2 is 1.94 bits per heavy atom. The van der Waals surface area contributed by atoms with Crippen LogP contribution in [0.15, 0.2) is 65.5 Å². The van der Waals surface area contributed by atoms with Crippen molar-refractivity contribution >= 4 is 60.0 Å². The Morgan fingerprint density at radius 1 is 1.12 bits per heavy atom. The molecule has 1 aliphatic rings. The average Bonchev–Trinajstić information content (AvgIpc) is 3.25. The molecule has 3 aromatic heterocycles. The third-order valence-corrected chi connectivity index (χ3v) is 7.25. The van der Waals surface area contributed by atoms with Gasteiger partial charge in [-0.3, -0.25) is 15.1 Å². The number of fused-ring (bicyclic) bond motifs is 1. The number of amides is 1. The summed E-state index contributed by atoms with van der Waals surface area (Å²) < 4.78 is 2.00. The van der Waals surface area contributed by atoms with Gasteiger partial charge in [-0.1, -0.05) is 27.3 Å². The normalized spacial score (nSPS) is 14.4. The lowest BCUT2D eigenvalue weighted by atomic mass is 9.96. The van der Waals surface area contributed by atoms with Gasteiger partial charge in [0, 0.05) is 48.4 Å². The van der Waals surface area contributed by atoms with E-state index in [9.17, 15) is 4.79 Å². The van der Waals surface area contributed by atoms with E-state index in [2.05, 4.69) is 58.5 Å². The number of anilines is 3. The number of hydrogen-bond donors (Lipinski definition) is 2. The zero-order valence-corrected chi connectivity index (χ0v) is 20.3. The minimum atomic E-state index is -0.212. The van der Waals surface area contributed by atoms with E-state index in [0.29, 0.717) is 22.4 Å². The zero-order chi connectivity index (χ0) is 22.6. The monoisotopic (exact) mass is 522 g/mol. The maximum absolute atomic E-state index is 13.0. The minimum absolute atomic E-state index is 0.212. The van der Waals surface area contributed by atoms with Crippen LogP contribution in [-0.4, -0.2) is 40.5 Å². The fraction of sp³-hybridized carbons (Fsp3) is 0.250. The number of carbonyl (C=O) groups is 1. The smallest absolute Gasteiger partial charge is 0.261 e. The number of thiazole rings is 1. The van der Waals surface area contributed by atoms with E-state index in [-0.39, 0.29) is 5.91 Å². The summed E-state index contributed by atoms with van der Waals surface area (Å²) in [5.41, 5.74) is 2.61. The van der Waals surface area contributed by atoms with Crippen molar-refractivity contribution in [2.24, 2.45) is 5.92 Å². The molecule has 0 saturated carbocycles. The highest BCUT2D eigenvalue weighted by Crippen LogP contribution is 2.29. The zero-order valence-electron chi connectivity index (χ0n) is 17.9. The van der Waals surface area contributed by atoms with Crippen molar-refractivity contribution in [1.82, 2.24) is 15.0 Å². The van der Waals surface area contributed by atoms with Crippen molar-refractivity contribution in [3.63, 3.8) is 0 Å². The molecule has 1 saturated heterocycles. The summed E-state index contributed by atoms with van der Waals surface area (Å²) in [7, 11) is 0. The second kappa shape index (κ2) is 9.84. The summed E-state index contributed by atoms with van der Waals surface area (Å²) in [6, 6.07) is 13.6. The van der Waals surface area contributed by atoms with Gasteiger partial charge < -0.3 is 10.2 Å². The van der Waals surface area contributed by atoms with Crippen LogP contribution in [0.1, 0.15) is 23.2 Å². The van der Waals surface area contributed by atoms with Crippen molar-refractivity contribution in [2.45, 2.75) is 12.8 Å². The van der Waals surface area contributed by atoms with Gasteiger partial charge in [0.2, 0.25) is 0 Å². The van der Waals surface area contributed by atoms with Gasteiger partial charge in [-0.25, -0.2) is 9.97 Å². The quantitative estimate of drug-likeness (QED) is 0.351. The number of piperidine rings is 1. The fourth-order valence-corrected chi connectivity index (χ4v) is 5.45. The van der Waals surface area contributed by atoms with Gasteiger partial charge in [-0.15, -0.1) is 0 Å². The molecule has 1 aromatic carbocycles. The SMILES string of the molecule is O=C(Nc1nc2ccc(Br)cc2s1)c1cccnc1NCC1CCN(c2ccncc2)CC1. The Labute approximate surface area is 204 Å². The number of hydrogen-bond acceptors (Lipinski definition) is 7. The Kier molecular flexibility index (Phi) is 6.50. The number of nitrogens with one attached hydrogen (secondary N) is 2. The van der Waals surface area contributed by atoms with Crippen LogP contribution in [0.25, 0.3) is 10.2 Å². The number of carbonyl (C=O) groups excluding carboxylic acids is 1. The first-order valence-electron chi connectivity index (χ1n) is 10.9. The van der Waals surface area contributed by atoms with E-state index >= 15 is 0 Å². The van der Waals surface area contributed by atoms with Crippen LogP contribution in [0.2, 0.25) is 0 Å². The molecule has 0 atom stereocenters. The fourth-order valence-electron chi connectivity index (χ4n) is 4.04. The Balaban J connectivity index is 1.20. The van der Waals surface area contributed by atoms with Gasteiger partial charge >= 0.3 is 0 Å². The summed E-state index contributed by atoms with van der Waals surface area (Å²) in [5.74, 6) is 0.926. The lowest BCUT2D eigenvalue weighted by Crippen LogP contribution is -2.36. The first kappa shape index (κ1) is 21.8. The molecule has 0 bridgehead atoms. The van der Waals surface area contributed by atoms with Crippen molar-refractivity contribution in [3.05, 3.63) is 71.1 Å². The predicted octanol–water partition coefficient (Wildman–Crippen LogP) is 5.43. The van der Waals surface area contributed by atoms with Crippen molar-refractivity contribution < 1.29 is 4.79 Å². The predicted molar refractivity (Wildman–Crippen MR) is 137 cm³/mol. The van der Waals surface area contributed by atoms with Gasteiger partial charge in [0.25, 0.3) is 5.91 Å². The molecular formula is C24H23BrN6OS. The Morgan fingerprint density at radius 3 is 2.76 bits per heavy atom. The van der Waals surface area contributed by atoms with Crippen LogP contribution >= 0.6 is 27.3 Å². The summed E-state index contributed by atoms with van der Waals surface area (Å²) in [6.07, 6.45) is 7.56. The van der Waals surface area contributed by atoms with Gasteiger partial charge in [-0.05, 0) is 61.2 Å². The van der Waals surface area contributed by atoms with Gasteiger partial charge in [0.15, 0.2) is 5.13 Å². The third kappa shape index (κ3) is 5.15. The molecule has 1 fully saturated rings. The van der Waals surface area contributed by atoms with Crippen LogP contribution in [-0.2, 0) is 0 Å². The highest BCUT2D eigenvalue weighted by Gasteiger charge is 2.21. The highest BCUT2D eigenvalue weighted by molar-refractivity contribution is 9.10. The molecule has 168 valence electrons. The molecule has 1 aliphatic heterocycles. The van der Waals surface area contributed by atoms with Crippen molar-refractivity contribution in [3.8, 4) is 0 Å². The van der Waals surface area contributed by atoms with Crippen LogP contribution in [0.4, 0.5) is 16.6 Å². The molecule has 9 heteroatoms. The van der Waals surface area contributed by atoms with Gasteiger partial charge in [-0.2, -0.15) is 0 Å². The third-order valence-electron chi connectivity index (χ3n) is 5.82. The number of benzene rings is 1. The van der Waals surface area contributed by atoms with E-state index in [1.54, 1.807) is 18.3 Å². The molecule has 0 spiro atoms. The molecular weight excluding hydrogens is 500 g/mol. The van der Waals surface area contributed by atoms with E-state index < -0.39 is 0 Å². The van der Waals surface area contributed by atoms with Crippen LogP contribution < -0.4 is 15.5 Å². The van der Waals surface area contributed by atoms with Gasteiger partial charge in [0.1, 0.15) is 5.82 Å². The molecule has 7 nitrogen and oxygen atoms in total. The molecule has 4 heterocycles. The number of nitrogens with zero attached hydrogens (tertiary/aromatic N) is 4. The maximum atomic E-state index is 13.0. The second-order valence-electron chi connectivity index (χ2n) is 8.00. The van der Waals surface area contributed by atoms with Gasteiger partial charge in [0.05, 0.1) is 15.8 Å². The average molecular weight is 523 g/mol. The van der Waals surface area contributed by atoms with Crippen LogP contribution in [0, 0.1) is 5.92 Å². The lowest BCUT2D eigenvalue weighted by molar-refractivity contribution is 0.102. The number of pyridine rings is 2. The molecule has 2 N–H and O–H groups in total. The highest BCUT2D eigenvalue weighted by atomic mass is 79.9. The Hall–Kier alpha value is -3.04. The molecule has 0 aliphatic carbocycles. The topological polar surface area (TPSA) is 83.0 Å². The van der Waals surface area contributed by atoms with E-state index in [4.69, 9.17) is 0 Å². The first-order valence-corrected chi connectivity index (χ1v) is 12.5. The molecule has 4 aromatic rings. The van der Waals surface area contributed by atoms with Crippen LogP contribution in [0.3, 0.4) is 0 Å². The summed E-state index contributed by atoms with van der Waals surface area (Å²) >= 11 is 4.93. The van der Waals surface area contributed by atoms with E-state index in [0.717, 1.165) is 47.2 Å². The van der Waals surface area contributed by atoms with Crippen molar-refractivity contribution in [2.75, 3.05) is 35.2 Å². The summed E-state index contributed by atoms with van der Waals surface area (Å²) in [5, 5.41) is 6.92. The molecule has 0 unspecified atom stereocenters. The second-order valence-corrected chi connectivity index (χ2v) is 9.95. The van der Waals surface area contributed by atoms with Crippen LogP contribution in [0.5, 0.6) is 0 Å². The summed E-state index contributed by atoms with van der Waals surface area (Å²) in [4.78, 5) is 28.4. The number of rotatable bonds is 6. The van der Waals surface area contributed by atoms with E-state index in [1.165, 1.54) is 17.0 Å². The first-order chi connectivity index (χ1) is 16.2. The van der Waals surface area contributed by atoms with E-state index in [1.807, 2.05) is 30.6 Å². The summed E-state index contributed by atoms with van der Waals surface area (Å²) in [6.45, 7) is 2.82. The Bertz CT molecular complexity index is 1260. The largest absolute Gasteiger partial charge is 0.371 e. The van der Waals surface area contributed by atoms with Crippen molar-refractivity contribution in [1.29, 1.82) is 0 Å². The molecule has 0 radical (unpaired) electrons. The number of aromatic nitrogens is 3. The maximum Gasteiger partial charge on any atom is 0.261 e. The molecule has 5 rings (SSSR count). The number of halogens is 1. The molecule has 1 amide bonds. The lowest BCUT2D eigenvalue weighted by Gasteiger charge is -2.33.